The molecule has 2 N–H and O–H groups in total. The smallest absolute Gasteiger partial charge is 0.191 e. The van der Waals surface area contributed by atoms with Gasteiger partial charge < -0.3 is 20.1 Å². The van der Waals surface area contributed by atoms with Crippen molar-refractivity contribution in [2.45, 2.75) is 25.4 Å². The van der Waals surface area contributed by atoms with Gasteiger partial charge in [0.15, 0.2) is 17.5 Å². The van der Waals surface area contributed by atoms with E-state index in [9.17, 15) is 4.39 Å². The number of halogens is 1. The number of guanidine groups is 1. The van der Waals surface area contributed by atoms with E-state index in [1.807, 2.05) is 18.2 Å². The maximum absolute atomic E-state index is 13.9. The second-order valence-electron chi connectivity index (χ2n) is 7.31. The maximum Gasteiger partial charge on any atom is 0.191 e. The number of nitrogens with one attached hydrogen (secondary N) is 2. The molecule has 1 aliphatic rings. The fourth-order valence-electron chi connectivity index (χ4n) is 3.76. The summed E-state index contributed by atoms with van der Waals surface area (Å²) in [6.07, 6.45) is 2.45. The van der Waals surface area contributed by atoms with Crippen LogP contribution in [0.15, 0.2) is 47.5 Å². The first-order valence-corrected chi connectivity index (χ1v) is 10.3. The topological polar surface area (TPSA) is 58.1 Å². The normalized spacial score (nSPS) is 15.7. The highest BCUT2D eigenvalue weighted by molar-refractivity contribution is 5.79. The number of aliphatic imine (C=N–C) groups is 1. The number of nitrogens with zero attached hydrogens (tertiary/aromatic N) is 2. The molecule has 0 aliphatic carbocycles. The van der Waals surface area contributed by atoms with Gasteiger partial charge in [-0.05, 0) is 61.3 Å². The number of hydrogen-bond donors (Lipinski definition) is 2. The van der Waals surface area contributed by atoms with Crippen molar-refractivity contribution in [3.63, 3.8) is 0 Å². The van der Waals surface area contributed by atoms with Crippen LogP contribution in [0.3, 0.4) is 0 Å². The highest BCUT2D eigenvalue weighted by atomic mass is 19.1. The van der Waals surface area contributed by atoms with Crippen LogP contribution in [0.4, 0.5) is 4.39 Å². The Kier molecular flexibility index (Phi) is 7.90. The lowest BCUT2D eigenvalue weighted by molar-refractivity contribution is 0.245. The zero-order chi connectivity index (χ0) is 21.3. The molecule has 1 heterocycles. The standard InChI is InChI=1S/C23H31FN4O2/c1-25-23(26-15-17-6-11-22(30-3)20(24)14-17)27-16-21(28-12-4-5-13-28)18-7-9-19(29-2)10-8-18/h6-11,14,21H,4-5,12-13,15-16H2,1-3H3,(H2,25,26,27). The van der Waals surface area contributed by atoms with Crippen molar-refractivity contribution in [3.8, 4) is 11.5 Å². The zero-order valence-corrected chi connectivity index (χ0v) is 18.0. The van der Waals surface area contributed by atoms with Gasteiger partial charge in [0.05, 0.1) is 20.3 Å². The summed E-state index contributed by atoms with van der Waals surface area (Å²) in [4.78, 5) is 6.82. The molecule has 2 aromatic carbocycles. The van der Waals surface area contributed by atoms with Gasteiger partial charge in [-0.1, -0.05) is 18.2 Å². The third kappa shape index (κ3) is 5.63. The minimum absolute atomic E-state index is 0.245. The summed E-state index contributed by atoms with van der Waals surface area (Å²) >= 11 is 0. The minimum atomic E-state index is -0.367. The van der Waals surface area contributed by atoms with Gasteiger partial charge in [0.25, 0.3) is 0 Å². The van der Waals surface area contributed by atoms with Gasteiger partial charge in [-0.25, -0.2) is 4.39 Å². The molecule has 0 amide bonds. The van der Waals surface area contributed by atoms with Crippen molar-refractivity contribution in [2.24, 2.45) is 4.99 Å². The third-order valence-corrected chi connectivity index (χ3v) is 5.44. The maximum atomic E-state index is 13.9. The first-order valence-electron chi connectivity index (χ1n) is 10.3. The quantitative estimate of drug-likeness (QED) is 0.513. The lowest BCUT2D eigenvalue weighted by Gasteiger charge is -2.29. The molecule has 1 saturated heterocycles. The van der Waals surface area contributed by atoms with E-state index in [4.69, 9.17) is 9.47 Å². The van der Waals surface area contributed by atoms with E-state index in [0.717, 1.165) is 30.9 Å². The molecule has 1 aliphatic heterocycles. The third-order valence-electron chi connectivity index (χ3n) is 5.44. The molecule has 6 nitrogen and oxygen atoms in total. The van der Waals surface area contributed by atoms with Crippen LogP contribution < -0.4 is 20.1 Å². The molecular weight excluding hydrogens is 383 g/mol. The Morgan fingerprint density at radius 1 is 1.07 bits per heavy atom. The van der Waals surface area contributed by atoms with E-state index in [1.165, 1.54) is 31.6 Å². The van der Waals surface area contributed by atoms with Gasteiger partial charge in [-0.2, -0.15) is 0 Å². The second-order valence-corrected chi connectivity index (χ2v) is 7.31. The number of hydrogen-bond acceptors (Lipinski definition) is 4. The SMILES string of the molecule is CN=C(NCc1ccc(OC)c(F)c1)NCC(c1ccc(OC)cc1)N1CCCC1. The predicted molar refractivity (Wildman–Crippen MR) is 118 cm³/mol. The van der Waals surface area contributed by atoms with E-state index in [-0.39, 0.29) is 17.6 Å². The molecular formula is C23H31FN4O2. The average molecular weight is 415 g/mol. The van der Waals surface area contributed by atoms with Crippen LogP contribution >= 0.6 is 0 Å². The molecule has 1 fully saturated rings. The summed E-state index contributed by atoms with van der Waals surface area (Å²) in [5.41, 5.74) is 2.07. The predicted octanol–water partition coefficient (Wildman–Crippen LogP) is 3.35. The van der Waals surface area contributed by atoms with Crippen molar-refractivity contribution in [1.82, 2.24) is 15.5 Å². The van der Waals surface area contributed by atoms with E-state index in [2.05, 4.69) is 32.7 Å². The van der Waals surface area contributed by atoms with Crippen molar-refractivity contribution in [3.05, 3.63) is 59.4 Å². The molecule has 30 heavy (non-hydrogen) atoms. The van der Waals surface area contributed by atoms with Gasteiger partial charge in [0, 0.05) is 20.1 Å². The van der Waals surface area contributed by atoms with Crippen LogP contribution in [0.2, 0.25) is 0 Å². The zero-order valence-electron chi connectivity index (χ0n) is 18.0. The molecule has 0 bridgehead atoms. The number of likely N-dealkylation sites (tertiary alicyclic amines) is 1. The molecule has 0 aromatic heterocycles. The molecule has 1 atom stereocenters. The van der Waals surface area contributed by atoms with Crippen molar-refractivity contribution < 1.29 is 13.9 Å². The van der Waals surface area contributed by atoms with Crippen LogP contribution in [0.25, 0.3) is 0 Å². The Morgan fingerprint density at radius 2 is 1.80 bits per heavy atom. The van der Waals surface area contributed by atoms with Crippen molar-refractivity contribution in [1.29, 1.82) is 0 Å². The molecule has 3 rings (SSSR count). The highest BCUT2D eigenvalue weighted by Crippen LogP contribution is 2.26. The van der Waals surface area contributed by atoms with Gasteiger partial charge >= 0.3 is 0 Å². The van der Waals surface area contributed by atoms with Crippen LogP contribution in [0.5, 0.6) is 11.5 Å². The van der Waals surface area contributed by atoms with Crippen LogP contribution in [-0.4, -0.2) is 51.8 Å². The Hall–Kier alpha value is -2.80. The number of ether oxygens (including phenoxy) is 2. The Labute approximate surface area is 178 Å². The molecule has 0 saturated carbocycles. The van der Waals surface area contributed by atoms with E-state index >= 15 is 0 Å². The van der Waals surface area contributed by atoms with Gasteiger partial charge in [-0.3, -0.25) is 9.89 Å². The summed E-state index contributed by atoms with van der Waals surface area (Å²) in [5.74, 6) is 1.42. The summed E-state index contributed by atoms with van der Waals surface area (Å²) in [7, 11) is 4.88. The van der Waals surface area contributed by atoms with Gasteiger partial charge in [-0.15, -0.1) is 0 Å². The molecule has 7 heteroatoms. The monoisotopic (exact) mass is 414 g/mol. The van der Waals surface area contributed by atoms with E-state index in [1.54, 1.807) is 20.2 Å². The van der Waals surface area contributed by atoms with Crippen LogP contribution in [0, 0.1) is 5.82 Å². The average Bonchev–Trinajstić information content (AvgIpc) is 3.31. The Morgan fingerprint density at radius 3 is 2.40 bits per heavy atom. The first kappa shape index (κ1) is 21.9. The molecule has 2 aromatic rings. The molecule has 162 valence electrons. The largest absolute Gasteiger partial charge is 0.497 e. The number of rotatable bonds is 8. The lowest BCUT2D eigenvalue weighted by Crippen LogP contribution is -2.42. The minimum Gasteiger partial charge on any atom is -0.497 e. The first-order chi connectivity index (χ1) is 14.6. The van der Waals surface area contributed by atoms with E-state index < -0.39 is 0 Å². The van der Waals surface area contributed by atoms with Crippen LogP contribution in [0.1, 0.15) is 30.0 Å². The molecule has 0 radical (unpaired) electrons. The van der Waals surface area contributed by atoms with Crippen LogP contribution in [-0.2, 0) is 6.54 Å². The van der Waals surface area contributed by atoms with Gasteiger partial charge in [0.2, 0.25) is 0 Å². The van der Waals surface area contributed by atoms with Gasteiger partial charge in [0.1, 0.15) is 5.75 Å². The highest BCUT2D eigenvalue weighted by Gasteiger charge is 2.23. The number of methoxy groups -OCH3 is 2. The molecule has 0 spiro atoms. The molecule has 1 unspecified atom stereocenters. The van der Waals surface area contributed by atoms with Crippen molar-refractivity contribution >= 4 is 5.96 Å². The fourth-order valence-corrected chi connectivity index (χ4v) is 3.76. The van der Waals surface area contributed by atoms with E-state index in [0.29, 0.717) is 12.5 Å². The van der Waals surface area contributed by atoms with Crippen molar-refractivity contribution in [2.75, 3.05) is 40.9 Å². The Bertz CT molecular complexity index is 836. The summed E-state index contributed by atoms with van der Waals surface area (Å²) in [6.45, 7) is 3.38. The second kappa shape index (κ2) is 10.8. The lowest BCUT2D eigenvalue weighted by atomic mass is 10.1. The summed E-state index contributed by atoms with van der Waals surface area (Å²) < 4.78 is 24.2. The summed E-state index contributed by atoms with van der Waals surface area (Å²) in [6, 6.07) is 13.5. The number of benzene rings is 2. The summed E-state index contributed by atoms with van der Waals surface area (Å²) in [5, 5.41) is 6.69. The Balaban J connectivity index is 1.61. The fraction of sp³-hybridized carbons (Fsp3) is 0.435.